The quantitative estimate of drug-likeness (QED) is 0.689. The molecular formula is C14H12F2N2O3. The van der Waals surface area contributed by atoms with Crippen molar-refractivity contribution >= 4 is 5.69 Å². The molecule has 5 nitrogen and oxygen atoms in total. The normalized spacial score (nSPS) is 12.0. The van der Waals surface area contributed by atoms with E-state index in [1.807, 2.05) is 0 Å². The molecule has 0 saturated heterocycles. The minimum absolute atomic E-state index is 0.194. The Morgan fingerprint density at radius 3 is 2.43 bits per heavy atom. The third-order valence-electron chi connectivity index (χ3n) is 2.81. The highest BCUT2D eigenvalue weighted by molar-refractivity contribution is 5.43. The van der Waals surface area contributed by atoms with Gasteiger partial charge in [0, 0.05) is 17.7 Å². The van der Waals surface area contributed by atoms with Crippen molar-refractivity contribution in [2.24, 2.45) is 5.73 Å². The number of hydrogen-bond acceptors (Lipinski definition) is 4. The molecule has 0 radical (unpaired) electrons. The summed E-state index contributed by atoms with van der Waals surface area (Å²) in [4.78, 5) is 9.83. The lowest BCUT2D eigenvalue weighted by atomic mass is 10.1. The molecule has 21 heavy (non-hydrogen) atoms. The van der Waals surface area contributed by atoms with Crippen molar-refractivity contribution in [1.29, 1.82) is 0 Å². The Kier molecular flexibility index (Phi) is 4.13. The minimum atomic E-state index is -0.885. The first-order valence-corrected chi connectivity index (χ1v) is 6.05. The maximum atomic E-state index is 13.8. The van der Waals surface area contributed by atoms with Gasteiger partial charge in [0.25, 0.3) is 5.69 Å². The molecule has 0 heterocycles. The highest BCUT2D eigenvalue weighted by Crippen LogP contribution is 2.32. The molecule has 7 heteroatoms. The first-order valence-electron chi connectivity index (χ1n) is 6.05. The van der Waals surface area contributed by atoms with E-state index in [2.05, 4.69) is 0 Å². The van der Waals surface area contributed by atoms with Crippen LogP contribution in [0.4, 0.5) is 14.5 Å². The Balaban J connectivity index is 2.36. The van der Waals surface area contributed by atoms with Crippen molar-refractivity contribution in [3.63, 3.8) is 0 Å². The number of nitrogens with zero attached hydrogens (tertiary/aromatic N) is 1. The van der Waals surface area contributed by atoms with E-state index in [4.69, 9.17) is 10.5 Å². The van der Waals surface area contributed by atoms with Crippen LogP contribution in [0.1, 0.15) is 18.5 Å². The lowest BCUT2D eigenvalue weighted by Gasteiger charge is -2.14. The van der Waals surface area contributed by atoms with Gasteiger partial charge in [-0.25, -0.2) is 8.78 Å². The fourth-order valence-corrected chi connectivity index (χ4v) is 1.77. The molecule has 2 aromatic carbocycles. The first-order chi connectivity index (χ1) is 9.88. The molecule has 0 saturated carbocycles. The van der Waals surface area contributed by atoms with Crippen LogP contribution in [-0.4, -0.2) is 4.92 Å². The van der Waals surface area contributed by atoms with Crippen LogP contribution in [0.5, 0.6) is 11.5 Å². The Bertz CT molecular complexity index is 690. The zero-order chi connectivity index (χ0) is 15.6. The van der Waals surface area contributed by atoms with Crippen LogP contribution >= 0.6 is 0 Å². The Labute approximate surface area is 119 Å². The fourth-order valence-electron chi connectivity index (χ4n) is 1.77. The molecule has 0 amide bonds. The second-order valence-corrected chi connectivity index (χ2v) is 4.44. The van der Waals surface area contributed by atoms with Gasteiger partial charge in [-0.1, -0.05) is 0 Å². The Morgan fingerprint density at radius 2 is 1.86 bits per heavy atom. The number of nitro groups is 1. The van der Waals surface area contributed by atoms with Crippen molar-refractivity contribution in [2.45, 2.75) is 13.0 Å². The number of hydrogen-bond donors (Lipinski definition) is 1. The molecule has 0 fully saturated rings. The van der Waals surface area contributed by atoms with Crippen LogP contribution in [0.25, 0.3) is 0 Å². The van der Waals surface area contributed by atoms with E-state index >= 15 is 0 Å². The first kappa shape index (κ1) is 14.9. The monoisotopic (exact) mass is 294 g/mol. The van der Waals surface area contributed by atoms with Crippen molar-refractivity contribution in [1.82, 2.24) is 0 Å². The maximum absolute atomic E-state index is 13.8. The second-order valence-electron chi connectivity index (χ2n) is 4.44. The number of ether oxygens (including phenoxy) is 1. The SMILES string of the molecule is C[C@@H](N)c1cc(F)ccc1Oc1ccc([N+](=O)[O-])cc1F. The molecule has 0 aliphatic heterocycles. The van der Waals surface area contributed by atoms with Crippen LogP contribution in [0.15, 0.2) is 36.4 Å². The standard InChI is InChI=1S/C14H12F2N2O3/c1-8(17)11-6-9(15)2-4-13(11)21-14-5-3-10(18(19)20)7-12(14)16/h2-8H,17H2,1H3/t8-/m1/s1. The third kappa shape index (κ3) is 3.32. The zero-order valence-corrected chi connectivity index (χ0v) is 11.0. The highest BCUT2D eigenvalue weighted by atomic mass is 19.1. The van der Waals surface area contributed by atoms with Gasteiger partial charge in [-0.3, -0.25) is 10.1 Å². The maximum Gasteiger partial charge on any atom is 0.272 e. The second kappa shape index (κ2) is 5.84. The molecule has 1 atom stereocenters. The zero-order valence-electron chi connectivity index (χ0n) is 11.0. The van der Waals surface area contributed by atoms with Gasteiger partial charge in [0.05, 0.1) is 11.0 Å². The van der Waals surface area contributed by atoms with E-state index in [0.29, 0.717) is 5.56 Å². The Morgan fingerprint density at radius 1 is 1.19 bits per heavy atom. The molecule has 0 aromatic heterocycles. The van der Waals surface area contributed by atoms with Crippen molar-refractivity contribution in [3.05, 3.63) is 63.7 Å². The summed E-state index contributed by atoms with van der Waals surface area (Å²) in [5.41, 5.74) is 5.69. The number of benzene rings is 2. The Hall–Kier alpha value is -2.54. The molecule has 0 bridgehead atoms. The number of nitro benzene ring substituents is 1. The average molecular weight is 294 g/mol. The molecule has 110 valence electrons. The molecule has 2 aromatic rings. The molecule has 2 N–H and O–H groups in total. The summed E-state index contributed by atoms with van der Waals surface area (Å²) >= 11 is 0. The van der Waals surface area contributed by atoms with Crippen LogP contribution in [0.2, 0.25) is 0 Å². The van der Waals surface area contributed by atoms with E-state index < -0.39 is 22.6 Å². The van der Waals surface area contributed by atoms with Gasteiger partial charge in [0.2, 0.25) is 0 Å². The summed E-state index contributed by atoms with van der Waals surface area (Å²) in [7, 11) is 0. The molecule has 0 unspecified atom stereocenters. The van der Waals surface area contributed by atoms with Gasteiger partial charge in [-0.15, -0.1) is 0 Å². The van der Waals surface area contributed by atoms with E-state index in [1.165, 1.54) is 12.1 Å². The topological polar surface area (TPSA) is 78.4 Å². The summed E-state index contributed by atoms with van der Waals surface area (Å²) in [5.74, 6) is -1.38. The molecule has 2 rings (SSSR count). The van der Waals surface area contributed by atoms with Crippen LogP contribution in [0, 0.1) is 21.7 Å². The van der Waals surface area contributed by atoms with Crippen molar-refractivity contribution in [3.8, 4) is 11.5 Å². The van der Waals surface area contributed by atoms with Gasteiger partial charge in [0.15, 0.2) is 11.6 Å². The van der Waals surface area contributed by atoms with E-state index in [-0.39, 0.29) is 17.2 Å². The number of halogens is 2. The molecular weight excluding hydrogens is 282 g/mol. The van der Waals surface area contributed by atoms with Crippen molar-refractivity contribution < 1.29 is 18.4 Å². The summed E-state index contributed by atoms with van der Waals surface area (Å²) in [5, 5.41) is 10.5. The highest BCUT2D eigenvalue weighted by Gasteiger charge is 2.15. The largest absolute Gasteiger partial charge is 0.454 e. The number of non-ortho nitro benzene ring substituents is 1. The van der Waals surface area contributed by atoms with Gasteiger partial charge >= 0.3 is 0 Å². The molecule has 0 aliphatic carbocycles. The predicted molar refractivity (Wildman–Crippen MR) is 72.1 cm³/mol. The van der Waals surface area contributed by atoms with Gasteiger partial charge in [-0.05, 0) is 31.2 Å². The molecule has 0 spiro atoms. The van der Waals surface area contributed by atoms with Gasteiger partial charge in [-0.2, -0.15) is 0 Å². The lowest BCUT2D eigenvalue weighted by Crippen LogP contribution is -2.07. The van der Waals surface area contributed by atoms with E-state index in [1.54, 1.807) is 6.92 Å². The number of rotatable bonds is 4. The van der Waals surface area contributed by atoms with Crippen LogP contribution < -0.4 is 10.5 Å². The third-order valence-corrected chi connectivity index (χ3v) is 2.81. The van der Waals surface area contributed by atoms with Crippen molar-refractivity contribution in [2.75, 3.05) is 0 Å². The van der Waals surface area contributed by atoms with Crippen LogP contribution in [0.3, 0.4) is 0 Å². The number of nitrogens with two attached hydrogens (primary N) is 1. The summed E-state index contributed by atoms with van der Waals surface area (Å²) in [6.45, 7) is 1.63. The molecule has 0 aliphatic rings. The van der Waals surface area contributed by atoms with E-state index in [0.717, 1.165) is 24.3 Å². The average Bonchev–Trinajstić information content (AvgIpc) is 2.42. The summed E-state index contributed by atoms with van der Waals surface area (Å²) in [6.07, 6.45) is 0. The minimum Gasteiger partial charge on any atom is -0.454 e. The van der Waals surface area contributed by atoms with Gasteiger partial charge in [0.1, 0.15) is 11.6 Å². The van der Waals surface area contributed by atoms with E-state index in [9.17, 15) is 18.9 Å². The van der Waals surface area contributed by atoms with Gasteiger partial charge < -0.3 is 10.5 Å². The predicted octanol–water partition coefficient (Wildman–Crippen LogP) is 3.69. The summed E-state index contributed by atoms with van der Waals surface area (Å²) in [6, 6.07) is 6.18. The fraction of sp³-hybridized carbons (Fsp3) is 0.143. The smallest absolute Gasteiger partial charge is 0.272 e. The lowest BCUT2D eigenvalue weighted by molar-refractivity contribution is -0.385. The van der Waals surface area contributed by atoms with Crippen LogP contribution in [-0.2, 0) is 0 Å². The summed E-state index contributed by atoms with van der Waals surface area (Å²) < 4.78 is 32.3.